The van der Waals surface area contributed by atoms with Crippen molar-refractivity contribution in [3.8, 4) is 0 Å². The van der Waals surface area contributed by atoms with E-state index < -0.39 is 0 Å². The van der Waals surface area contributed by atoms with Gasteiger partial charge >= 0.3 is 0 Å². The van der Waals surface area contributed by atoms with Crippen molar-refractivity contribution in [3.05, 3.63) is 45.3 Å². The molecular formula is C17H13Br2N3. The molecule has 0 atom stereocenters. The molecule has 0 spiro atoms. The number of hydrogen-bond donors (Lipinski definition) is 0. The van der Waals surface area contributed by atoms with Crippen LogP contribution in [0.15, 0.2) is 45.3 Å². The Morgan fingerprint density at radius 3 is 2.36 bits per heavy atom. The van der Waals surface area contributed by atoms with E-state index >= 15 is 0 Å². The largest absolute Gasteiger partial charge is 0.320 e. The summed E-state index contributed by atoms with van der Waals surface area (Å²) in [4.78, 5) is 9.74. The van der Waals surface area contributed by atoms with E-state index in [2.05, 4.69) is 62.4 Å². The van der Waals surface area contributed by atoms with Crippen molar-refractivity contribution < 1.29 is 0 Å². The first kappa shape index (κ1) is 14.2. The van der Waals surface area contributed by atoms with Crippen LogP contribution in [0.1, 0.15) is 19.9 Å². The quantitative estimate of drug-likeness (QED) is 0.388. The molecule has 3 nitrogen and oxygen atoms in total. The molecule has 0 saturated carbocycles. The molecule has 2 heterocycles. The molecule has 0 saturated heterocycles. The van der Waals surface area contributed by atoms with Crippen LogP contribution < -0.4 is 0 Å². The summed E-state index contributed by atoms with van der Waals surface area (Å²) in [5, 5.41) is 1.11. The van der Waals surface area contributed by atoms with E-state index in [0.29, 0.717) is 6.04 Å². The zero-order chi connectivity index (χ0) is 15.4. The lowest BCUT2D eigenvalue weighted by molar-refractivity contribution is 0.637. The van der Waals surface area contributed by atoms with Crippen molar-refractivity contribution in [1.29, 1.82) is 0 Å². The first-order chi connectivity index (χ1) is 10.6. The Morgan fingerprint density at radius 2 is 1.68 bits per heavy atom. The second-order valence-electron chi connectivity index (χ2n) is 5.63. The van der Waals surface area contributed by atoms with Gasteiger partial charge in [0.2, 0.25) is 0 Å². The van der Waals surface area contributed by atoms with E-state index in [0.717, 1.165) is 42.0 Å². The summed E-state index contributed by atoms with van der Waals surface area (Å²) in [6, 6.07) is 12.5. The van der Waals surface area contributed by atoms with Crippen LogP contribution in [0.4, 0.5) is 0 Å². The van der Waals surface area contributed by atoms with Gasteiger partial charge in [0.15, 0.2) is 5.65 Å². The molecule has 22 heavy (non-hydrogen) atoms. The fourth-order valence-corrected chi connectivity index (χ4v) is 4.36. The van der Waals surface area contributed by atoms with Gasteiger partial charge in [0, 0.05) is 20.4 Å². The van der Waals surface area contributed by atoms with Crippen molar-refractivity contribution in [2.75, 3.05) is 0 Å². The fraction of sp³-hybridized carbons (Fsp3) is 0.176. The number of rotatable bonds is 1. The maximum Gasteiger partial charge on any atom is 0.160 e. The lowest BCUT2D eigenvalue weighted by atomic mass is 10.2. The van der Waals surface area contributed by atoms with Crippen LogP contribution in [-0.4, -0.2) is 14.5 Å². The van der Waals surface area contributed by atoms with E-state index in [1.54, 1.807) is 0 Å². The molecule has 0 aliphatic rings. The van der Waals surface area contributed by atoms with Crippen LogP contribution in [0.5, 0.6) is 0 Å². The van der Waals surface area contributed by atoms with Crippen LogP contribution >= 0.6 is 31.9 Å². The van der Waals surface area contributed by atoms with Crippen LogP contribution in [0, 0.1) is 0 Å². The summed E-state index contributed by atoms with van der Waals surface area (Å²) < 4.78 is 4.33. The molecule has 5 heteroatoms. The van der Waals surface area contributed by atoms with Crippen molar-refractivity contribution >= 4 is 65.0 Å². The Morgan fingerprint density at radius 1 is 1.00 bits per heavy atom. The topological polar surface area (TPSA) is 30.7 Å². The molecule has 0 bridgehead atoms. The molecule has 2 aromatic carbocycles. The third-order valence-corrected chi connectivity index (χ3v) is 4.88. The number of halogens is 2. The van der Waals surface area contributed by atoms with Gasteiger partial charge in [-0.1, -0.05) is 28.1 Å². The molecule has 0 unspecified atom stereocenters. The normalized spacial score (nSPS) is 12.0. The molecule has 0 N–H and O–H groups in total. The summed E-state index contributed by atoms with van der Waals surface area (Å²) in [6.45, 7) is 4.34. The molecule has 0 fully saturated rings. The highest BCUT2D eigenvalue weighted by Crippen LogP contribution is 2.37. The number of para-hydroxylation sites is 2. The molecule has 0 radical (unpaired) electrons. The average molecular weight is 419 g/mol. The summed E-state index contributed by atoms with van der Waals surface area (Å²) >= 11 is 7.27. The Hall–Kier alpha value is -1.46. The van der Waals surface area contributed by atoms with Crippen LogP contribution in [0.25, 0.3) is 33.1 Å². The Bertz CT molecular complexity index is 1030. The average Bonchev–Trinajstić information content (AvgIpc) is 2.79. The van der Waals surface area contributed by atoms with Gasteiger partial charge in [0.05, 0.1) is 16.6 Å². The van der Waals surface area contributed by atoms with E-state index in [1.165, 1.54) is 0 Å². The third kappa shape index (κ3) is 1.99. The third-order valence-electron chi connectivity index (χ3n) is 3.82. The first-order valence-corrected chi connectivity index (χ1v) is 8.70. The fourth-order valence-electron chi connectivity index (χ4n) is 2.94. The maximum atomic E-state index is 4.87. The molecule has 2 aromatic heterocycles. The molecular weight excluding hydrogens is 406 g/mol. The summed E-state index contributed by atoms with van der Waals surface area (Å²) in [6.07, 6.45) is 0. The van der Waals surface area contributed by atoms with Gasteiger partial charge < -0.3 is 4.57 Å². The van der Waals surface area contributed by atoms with E-state index in [4.69, 9.17) is 9.97 Å². The molecule has 0 amide bonds. The predicted octanol–water partition coefficient (Wildman–Crippen LogP) is 5.84. The zero-order valence-electron chi connectivity index (χ0n) is 12.1. The lowest BCUT2D eigenvalue weighted by Crippen LogP contribution is -2.02. The summed E-state index contributed by atoms with van der Waals surface area (Å²) in [5.74, 6) is 0. The van der Waals surface area contributed by atoms with Gasteiger partial charge in [-0.05, 0) is 54.0 Å². The minimum Gasteiger partial charge on any atom is -0.320 e. The minimum absolute atomic E-state index is 0.299. The Kier molecular flexibility index (Phi) is 3.24. The predicted molar refractivity (Wildman–Crippen MR) is 98.3 cm³/mol. The molecule has 4 aromatic rings. The second kappa shape index (κ2) is 5.03. The van der Waals surface area contributed by atoms with Crippen LogP contribution in [-0.2, 0) is 0 Å². The number of aromatic nitrogens is 3. The van der Waals surface area contributed by atoms with Gasteiger partial charge in [0.25, 0.3) is 0 Å². The summed E-state index contributed by atoms with van der Waals surface area (Å²) in [5.41, 5.74) is 4.87. The standard InChI is InChI=1S/C17H13Br2N3/c1-9(2)22-16-11(7-10(18)8-12(16)19)15-17(22)21-14-6-4-3-5-13(14)20-15/h3-9H,1-2H3. The first-order valence-electron chi connectivity index (χ1n) is 7.11. The van der Waals surface area contributed by atoms with E-state index in [-0.39, 0.29) is 0 Å². The van der Waals surface area contributed by atoms with Crippen molar-refractivity contribution in [3.63, 3.8) is 0 Å². The Labute approximate surface area is 144 Å². The van der Waals surface area contributed by atoms with E-state index in [9.17, 15) is 0 Å². The Balaban J connectivity index is 2.31. The number of benzene rings is 2. The van der Waals surface area contributed by atoms with Gasteiger partial charge in [0.1, 0.15) is 5.52 Å². The van der Waals surface area contributed by atoms with Crippen molar-refractivity contribution in [1.82, 2.24) is 14.5 Å². The smallest absolute Gasteiger partial charge is 0.160 e. The number of hydrogen-bond acceptors (Lipinski definition) is 2. The maximum absolute atomic E-state index is 4.87. The number of nitrogens with zero attached hydrogens (tertiary/aromatic N) is 3. The lowest BCUT2D eigenvalue weighted by Gasteiger charge is -2.11. The molecule has 0 aliphatic heterocycles. The van der Waals surface area contributed by atoms with Gasteiger partial charge in [-0.2, -0.15) is 0 Å². The molecule has 110 valence electrons. The minimum atomic E-state index is 0.299. The molecule has 4 rings (SSSR count). The van der Waals surface area contributed by atoms with E-state index in [1.807, 2.05) is 24.3 Å². The number of fused-ring (bicyclic) bond motifs is 4. The van der Waals surface area contributed by atoms with Crippen molar-refractivity contribution in [2.45, 2.75) is 19.9 Å². The zero-order valence-corrected chi connectivity index (χ0v) is 15.3. The SMILES string of the molecule is CC(C)n1c2nc3ccccc3nc2c2cc(Br)cc(Br)c21. The highest BCUT2D eigenvalue weighted by atomic mass is 79.9. The van der Waals surface area contributed by atoms with Crippen LogP contribution in [0.3, 0.4) is 0 Å². The highest BCUT2D eigenvalue weighted by Gasteiger charge is 2.18. The van der Waals surface area contributed by atoms with Gasteiger partial charge in [-0.25, -0.2) is 9.97 Å². The van der Waals surface area contributed by atoms with Gasteiger partial charge in [-0.15, -0.1) is 0 Å². The monoisotopic (exact) mass is 417 g/mol. The molecule has 0 aliphatic carbocycles. The van der Waals surface area contributed by atoms with Crippen molar-refractivity contribution in [2.24, 2.45) is 0 Å². The summed E-state index contributed by atoms with van der Waals surface area (Å²) in [7, 11) is 0. The highest BCUT2D eigenvalue weighted by molar-refractivity contribution is 9.11. The van der Waals surface area contributed by atoms with Gasteiger partial charge in [-0.3, -0.25) is 0 Å². The second-order valence-corrected chi connectivity index (χ2v) is 7.40. The van der Waals surface area contributed by atoms with Crippen LogP contribution in [0.2, 0.25) is 0 Å².